The molecule has 1 N–H and O–H groups in total. The Morgan fingerprint density at radius 2 is 1.75 bits per heavy atom. The van der Waals surface area contributed by atoms with Crippen molar-refractivity contribution in [3.63, 3.8) is 0 Å². The van der Waals surface area contributed by atoms with Gasteiger partial charge in [0, 0.05) is 25.7 Å². The van der Waals surface area contributed by atoms with Gasteiger partial charge in [-0.3, -0.25) is 9.59 Å². The van der Waals surface area contributed by atoms with Crippen LogP contribution in [-0.2, 0) is 24.2 Å². The number of benzene rings is 1. The van der Waals surface area contributed by atoms with Gasteiger partial charge in [-0.05, 0) is 31.4 Å². The van der Waals surface area contributed by atoms with E-state index in [1.807, 2.05) is 6.92 Å². The summed E-state index contributed by atoms with van der Waals surface area (Å²) in [6.07, 6.45) is 6.60. The highest BCUT2D eigenvalue weighted by atomic mass is 32.2. The molecular formula is C26H39N3O6S. The normalized spacial score (nSPS) is 17.9. The fourth-order valence-corrected chi connectivity index (χ4v) is 6.08. The highest BCUT2D eigenvalue weighted by Gasteiger charge is 2.40. The van der Waals surface area contributed by atoms with E-state index < -0.39 is 27.6 Å². The summed E-state index contributed by atoms with van der Waals surface area (Å²) in [4.78, 5) is 43.6. The van der Waals surface area contributed by atoms with E-state index in [0.29, 0.717) is 39.1 Å². The van der Waals surface area contributed by atoms with Crippen LogP contribution in [0.2, 0.25) is 0 Å². The van der Waals surface area contributed by atoms with Crippen LogP contribution in [0, 0.1) is 0 Å². The molecule has 3 rings (SSSR count). The Kier molecular flexibility index (Phi) is 10.7. The molecule has 10 heteroatoms. The average molecular weight is 522 g/mol. The first kappa shape index (κ1) is 28.1. The molecule has 1 heterocycles. The van der Waals surface area contributed by atoms with Gasteiger partial charge in [0.1, 0.15) is 6.04 Å². The number of morpholine rings is 1. The van der Waals surface area contributed by atoms with Crippen molar-refractivity contribution in [2.45, 2.75) is 75.3 Å². The van der Waals surface area contributed by atoms with Crippen LogP contribution in [0.4, 0.5) is 4.79 Å². The Morgan fingerprint density at radius 1 is 1.08 bits per heavy atom. The van der Waals surface area contributed by atoms with Crippen LogP contribution in [0.25, 0.3) is 0 Å². The van der Waals surface area contributed by atoms with E-state index >= 15 is 0 Å². The fourth-order valence-electron chi connectivity index (χ4n) is 4.90. The van der Waals surface area contributed by atoms with Crippen LogP contribution in [0.1, 0.15) is 58.3 Å². The summed E-state index contributed by atoms with van der Waals surface area (Å²) in [5.41, 5.74) is 0. The van der Waals surface area contributed by atoms with Gasteiger partial charge in [-0.25, -0.2) is 13.2 Å². The molecule has 36 heavy (non-hydrogen) atoms. The SMILES string of the molecule is CCCC[C@@H](C(=O)C(=O)NCCS(=O)(=O)c1ccccc1)N(C(=O)N1CCOCC1)C1CCCCC1. The van der Waals surface area contributed by atoms with E-state index in [4.69, 9.17) is 4.74 Å². The maximum atomic E-state index is 13.7. The summed E-state index contributed by atoms with van der Waals surface area (Å²) in [6.45, 7) is 3.65. The molecule has 1 saturated carbocycles. The molecule has 0 bridgehead atoms. The third-order valence-electron chi connectivity index (χ3n) is 6.92. The zero-order valence-electron chi connectivity index (χ0n) is 21.2. The van der Waals surface area contributed by atoms with Crippen molar-refractivity contribution in [1.82, 2.24) is 15.1 Å². The van der Waals surface area contributed by atoms with Crippen molar-refractivity contribution in [2.75, 3.05) is 38.6 Å². The summed E-state index contributed by atoms with van der Waals surface area (Å²) in [5, 5.41) is 2.50. The number of amides is 3. The summed E-state index contributed by atoms with van der Waals surface area (Å²) in [7, 11) is -3.59. The maximum Gasteiger partial charge on any atom is 0.321 e. The third kappa shape index (κ3) is 7.52. The number of Topliss-reactive ketones (excluding diaryl/α,β-unsaturated/α-hetero) is 1. The van der Waals surface area contributed by atoms with E-state index in [1.165, 1.54) is 12.1 Å². The summed E-state index contributed by atoms with van der Waals surface area (Å²) in [6, 6.07) is 6.84. The highest BCUT2D eigenvalue weighted by Crippen LogP contribution is 2.28. The van der Waals surface area contributed by atoms with Gasteiger partial charge in [0.2, 0.25) is 5.78 Å². The maximum absolute atomic E-state index is 13.7. The van der Waals surface area contributed by atoms with Crippen LogP contribution in [0.5, 0.6) is 0 Å². The number of carbonyl (C=O) groups excluding carboxylic acids is 3. The van der Waals surface area contributed by atoms with Crippen molar-refractivity contribution in [3.05, 3.63) is 30.3 Å². The Labute approximate surface area is 214 Å². The van der Waals surface area contributed by atoms with Crippen LogP contribution in [-0.4, -0.2) is 86.6 Å². The minimum atomic E-state index is -3.59. The number of rotatable bonds is 11. The number of carbonyl (C=O) groups is 3. The molecule has 2 fully saturated rings. The monoisotopic (exact) mass is 521 g/mol. The van der Waals surface area contributed by atoms with Crippen molar-refractivity contribution in [3.8, 4) is 0 Å². The predicted molar refractivity (Wildman–Crippen MR) is 136 cm³/mol. The summed E-state index contributed by atoms with van der Waals surface area (Å²) >= 11 is 0. The van der Waals surface area contributed by atoms with Gasteiger partial charge in [0.15, 0.2) is 9.84 Å². The zero-order chi connectivity index (χ0) is 26.0. The van der Waals surface area contributed by atoms with E-state index in [2.05, 4.69) is 5.32 Å². The van der Waals surface area contributed by atoms with Gasteiger partial charge < -0.3 is 19.9 Å². The molecular weight excluding hydrogens is 482 g/mol. The molecule has 1 aliphatic heterocycles. The Morgan fingerprint density at radius 3 is 2.39 bits per heavy atom. The molecule has 1 aromatic carbocycles. The van der Waals surface area contributed by atoms with E-state index in [-0.39, 0.29) is 29.3 Å². The van der Waals surface area contributed by atoms with E-state index in [0.717, 1.165) is 38.5 Å². The molecule has 0 radical (unpaired) electrons. The molecule has 1 atom stereocenters. The van der Waals surface area contributed by atoms with Crippen molar-refractivity contribution in [1.29, 1.82) is 0 Å². The van der Waals surface area contributed by atoms with Crippen LogP contribution in [0.15, 0.2) is 35.2 Å². The lowest BCUT2D eigenvalue weighted by atomic mass is 9.91. The lowest BCUT2D eigenvalue weighted by molar-refractivity contribution is -0.141. The molecule has 1 aliphatic carbocycles. The Balaban J connectivity index is 1.73. The summed E-state index contributed by atoms with van der Waals surface area (Å²) < 4.78 is 30.5. The second-order valence-corrected chi connectivity index (χ2v) is 11.6. The third-order valence-corrected chi connectivity index (χ3v) is 8.65. The first-order valence-corrected chi connectivity index (χ1v) is 14.7. The lowest BCUT2D eigenvalue weighted by Gasteiger charge is -2.42. The Bertz CT molecular complexity index is 973. The van der Waals surface area contributed by atoms with Crippen LogP contribution < -0.4 is 5.32 Å². The number of nitrogens with one attached hydrogen (secondary N) is 1. The van der Waals surface area contributed by atoms with E-state index in [1.54, 1.807) is 28.0 Å². The molecule has 200 valence electrons. The minimum Gasteiger partial charge on any atom is -0.378 e. The van der Waals surface area contributed by atoms with Crippen molar-refractivity contribution >= 4 is 27.6 Å². The second kappa shape index (κ2) is 13.7. The second-order valence-electron chi connectivity index (χ2n) is 9.49. The lowest BCUT2D eigenvalue weighted by Crippen LogP contribution is -2.59. The number of sulfone groups is 1. The van der Waals surface area contributed by atoms with Crippen LogP contribution in [0.3, 0.4) is 0 Å². The standard InChI is InChI=1S/C26H39N3O6S/c1-2-3-14-23(24(30)25(31)27-15-20-36(33,34)22-12-8-5-9-13-22)29(21-10-6-4-7-11-21)26(32)28-16-18-35-19-17-28/h5,8-9,12-13,21,23H,2-4,6-7,10-11,14-20H2,1H3,(H,27,31)/t23-/m0/s1. The molecule has 9 nitrogen and oxygen atoms in total. The van der Waals surface area contributed by atoms with Gasteiger partial charge in [0.25, 0.3) is 5.91 Å². The average Bonchev–Trinajstić information content (AvgIpc) is 2.91. The van der Waals surface area contributed by atoms with Gasteiger partial charge in [0.05, 0.1) is 23.9 Å². The number of hydrogen-bond donors (Lipinski definition) is 1. The number of ether oxygens (including phenoxy) is 1. The molecule has 0 unspecified atom stereocenters. The van der Waals surface area contributed by atoms with Gasteiger partial charge in [-0.15, -0.1) is 0 Å². The first-order valence-electron chi connectivity index (χ1n) is 13.1. The minimum absolute atomic E-state index is 0.0915. The molecule has 0 aromatic heterocycles. The van der Waals surface area contributed by atoms with E-state index in [9.17, 15) is 22.8 Å². The Hall–Kier alpha value is -2.46. The number of unbranched alkanes of at least 4 members (excludes halogenated alkanes) is 1. The summed E-state index contributed by atoms with van der Waals surface area (Å²) in [5.74, 6) is -1.82. The number of nitrogens with zero attached hydrogens (tertiary/aromatic N) is 2. The highest BCUT2D eigenvalue weighted by molar-refractivity contribution is 7.91. The molecule has 3 amide bonds. The number of hydrogen-bond acceptors (Lipinski definition) is 6. The first-order chi connectivity index (χ1) is 17.3. The molecule has 2 aliphatic rings. The van der Waals surface area contributed by atoms with Gasteiger partial charge >= 0.3 is 6.03 Å². The molecule has 1 aromatic rings. The zero-order valence-corrected chi connectivity index (χ0v) is 22.0. The fraction of sp³-hybridized carbons (Fsp3) is 0.654. The number of ketones is 1. The van der Waals surface area contributed by atoms with Crippen molar-refractivity contribution in [2.24, 2.45) is 0 Å². The largest absolute Gasteiger partial charge is 0.378 e. The van der Waals surface area contributed by atoms with Gasteiger partial charge in [-0.1, -0.05) is 57.2 Å². The van der Waals surface area contributed by atoms with Crippen molar-refractivity contribution < 1.29 is 27.5 Å². The predicted octanol–water partition coefficient (Wildman–Crippen LogP) is 2.79. The topological polar surface area (TPSA) is 113 Å². The van der Waals surface area contributed by atoms with Gasteiger partial charge in [-0.2, -0.15) is 0 Å². The smallest absolute Gasteiger partial charge is 0.321 e. The van der Waals surface area contributed by atoms with Crippen LogP contribution >= 0.6 is 0 Å². The number of urea groups is 1. The quantitative estimate of drug-likeness (QED) is 0.448. The molecule has 1 saturated heterocycles. The molecule has 0 spiro atoms.